The molecule has 23 heavy (non-hydrogen) atoms. The van der Waals surface area contributed by atoms with Gasteiger partial charge in [0.25, 0.3) is 0 Å². The van der Waals surface area contributed by atoms with Gasteiger partial charge in [-0.25, -0.2) is 0 Å². The number of nitrogens with zero attached hydrogens (tertiary/aromatic N) is 4. The normalized spacial score (nSPS) is 12.1. The van der Waals surface area contributed by atoms with Gasteiger partial charge in [-0.3, -0.25) is 9.98 Å². The van der Waals surface area contributed by atoms with Gasteiger partial charge in [-0.05, 0) is 41.5 Å². The molecule has 0 bridgehead atoms. The van der Waals surface area contributed by atoms with Gasteiger partial charge in [0.15, 0.2) is 0 Å². The summed E-state index contributed by atoms with van der Waals surface area (Å²) in [6.45, 7) is 12.4. The van der Waals surface area contributed by atoms with Crippen molar-refractivity contribution in [2.24, 2.45) is 9.98 Å². The molecule has 0 amide bonds. The first-order valence-electron chi connectivity index (χ1n) is 7.42. The van der Waals surface area contributed by atoms with Gasteiger partial charge >= 0.3 is 17.1 Å². The summed E-state index contributed by atoms with van der Waals surface area (Å²) < 4.78 is 0. The Hall–Kier alpha value is -1.58. The smallest absolute Gasteiger partial charge is 0.663 e. The Labute approximate surface area is 150 Å². The fraction of sp³-hybridized carbons (Fsp3) is 0.444. The van der Waals surface area contributed by atoms with Crippen LogP contribution in [0.25, 0.3) is 0 Å². The predicted octanol–water partition coefficient (Wildman–Crippen LogP) is 3.72. The Bertz CT molecular complexity index is 513. The second-order valence-corrected chi connectivity index (χ2v) is 6.98. The molecule has 0 atom stereocenters. The van der Waals surface area contributed by atoms with E-state index in [0.717, 1.165) is 11.4 Å². The molecule has 1 radical (unpaired) electrons. The minimum absolute atomic E-state index is 0. The molecule has 2 aromatic rings. The maximum absolute atomic E-state index is 4.31. The molecule has 4 nitrogen and oxygen atoms in total. The zero-order valence-electron chi connectivity index (χ0n) is 14.8. The SMILES string of the molecule is CC(C)(C)N=Cc1ccc[n-]1.CC(C)(C)N=Cc1ccc[n-]1.[Mn+2]. The maximum Gasteiger partial charge on any atom is 2.00 e. The largest absolute Gasteiger partial charge is 2.00 e. The molecule has 0 aliphatic heterocycles. The van der Waals surface area contributed by atoms with Crippen molar-refractivity contribution in [2.75, 3.05) is 0 Å². The first kappa shape index (κ1) is 21.4. The third-order valence-electron chi connectivity index (χ3n) is 2.32. The average molecular weight is 353 g/mol. The van der Waals surface area contributed by atoms with Crippen molar-refractivity contribution in [3.05, 3.63) is 48.0 Å². The Morgan fingerprint density at radius 3 is 1.30 bits per heavy atom. The second kappa shape index (κ2) is 9.53. The van der Waals surface area contributed by atoms with Crippen molar-refractivity contribution >= 4 is 12.4 Å². The molecule has 2 heterocycles. The van der Waals surface area contributed by atoms with Crippen LogP contribution < -0.4 is 9.97 Å². The molecule has 0 fully saturated rings. The van der Waals surface area contributed by atoms with Crippen LogP contribution >= 0.6 is 0 Å². The van der Waals surface area contributed by atoms with E-state index in [9.17, 15) is 0 Å². The molecule has 0 aromatic carbocycles. The molecule has 2 rings (SSSR count). The van der Waals surface area contributed by atoms with Crippen LogP contribution in [-0.4, -0.2) is 23.5 Å². The molecule has 0 saturated heterocycles. The van der Waals surface area contributed by atoms with Crippen molar-refractivity contribution in [1.82, 2.24) is 9.97 Å². The Balaban J connectivity index is 0.000000403. The van der Waals surface area contributed by atoms with Crippen molar-refractivity contribution in [3.63, 3.8) is 0 Å². The van der Waals surface area contributed by atoms with Crippen LogP contribution in [0, 0.1) is 0 Å². The van der Waals surface area contributed by atoms with E-state index >= 15 is 0 Å². The van der Waals surface area contributed by atoms with Gasteiger partial charge < -0.3 is 9.97 Å². The molecule has 0 aliphatic rings. The molecule has 0 N–H and O–H groups in total. The van der Waals surface area contributed by atoms with Crippen LogP contribution in [0.1, 0.15) is 52.9 Å². The summed E-state index contributed by atoms with van der Waals surface area (Å²) in [7, 11) is 0. The minimum Gasteiger partial charge on any atom is -0.663 e. The summed E-state index contributed by atoms with van der Waals surface area (Å²) >= 11 is 0. The van der Waals surface area contributed by atoms with Gasteiger partial charge in [-0.15, -0.1) is 11.4 Å². The van der Waals surface area contributed by atoms with E-state index in [2.05, 4.69) is 61.5 Å². The van der Waals surface area contributed by atoms with Gasteiger partial charge in [0.2, 0.25) is 0 Å². The third-order valence-corrected chi connectivity index (χ3v) is 2.32. The molecule has 125 valence electrons. The van der Waals surface area contributed by atoms with E-state index in [4.69, 9.17) is 0 Å². The Morgan fingerprint density at radius 2 is 1.09 bits per heavy atom. The van der Waals surface area contributed by atoms with Crippen LogP contribution in [0.15, 0.2) is 46.6 Å². The summed E-state index contributed by atoms with van der Waals surface area (Å²) in [6.07, 6.45) is 7.15. The zero-order chi connectivity index (χ0) is 16.6. The Morgan fingerprint density at radius 1 is 0.739 bits per heavy atom. The molecular weight excluding hydrogens is 327 g/mol. The second-order valence-electron chi connectivity index (χ2n) is 6.98. The molecule has 0 saturated carbocycles. The first-order chi connectivity index (χ1) is 10.2. The fourth-order valence-corrected chi connectivity index (χ4v) is 1.30. The first-order valence-corrected chi connectivity index (χ1v) is 7.42. The molecule has 0 unspecified atom stereocenters. The molecule has 0 aliphatic carbocycles. The predicted molar refractivity (Wildman–Crippen MR) is 94.2 cm³/mol. The van der Waals surface area contributed by atoms with Crippen molar-refractivity contribution in [2.45, 2.75) is 52.6 Å². The van der Waals surface area contributed by atoms with Gasteiger partial charge in [0.05, 0.1) is 11.1 Å². The van der Waals surface area contributed by atoms with Crippen LogP contribution in [0.4, 0.5) is 0 Å². The quantitative estimate of drug-likeness (QED) is 0.610. The standard InChI is InChI=1S/2C9H13N2.Mn/c2*1-9(2,3)11-7-8-5-4-6-10-8;/h2*4-7H,1-3H3;/q2*-1;+2. The zero-order valence-corrected chi connectivity index (χ0v) is 16.0. The summed E-state index contributed by atoms with van der Waals surface area (Å²) in [5.41, 5.74) is 1.86. The molecule has 2 aromatic heterocycles. The summed E-state index contributed by atoms with van der Waals surface area (Å²) in [5, 5.41) is 0. The van der Waals surface area contributed by atoms with E-state index in [0.29, 0.717) is 0 Å². The fourth-order valence-electron chi connectivity index (χ4n) is 1.30. The average Bonchev–Trinajstić information content (AvgIpc) is 3.07. The van der Waals surface area contributed by atoms with Crippen molar-refractivity contribution < 1.29 is 17.1 Å². The van der Waals surface area contributed by atoms with E-state index in [1.165, 1.54) is 0 Å². The Kier molecular flexibility index (Phi) is 8.88. The number of rotatable bonds is 2. The number of aliphatic imine (C=N–C) groups is 2. The van der Waals surface area contributed by atoms with Crippen LogP contribution in [0.5, 0.6) is 0 Å². The number of aromatic nitrogens is 2. The molecular formula is C18H26MnN4. The van der Waals surface area contributed by atoms with Gasteiger partial charge in [0, 0.05) is 12.4 Å². The summed E-state index contributed by atoms with van der Waals surface area (Å²) in [5.74, 6) is 0. The maximum atomic E-state index is 4.31. The van der Waals surface area contributed by atoms with Gasteiger partial charge in [0.1, 0.15) is 0 Å². The van der Waals surface area contributed by atoms with Crippen LogP contribution in [0.2, 0.25) is 0 Å². The van der Waals surface area contributed by atoms with E-state index in [1.807, 2.05) is 24.3 Å². The topological polar surface area (TPSA) is 52.9 Å². The van der Waals surface area contributed by atoms with Gasteiger partial charge in [-0.1, -0.05) is 24.3 Å². The van der Waals surface area contributed by atoms with E-state index < -0.39 is 0 Å². The van der Waals surface area contributed by atoms with E-state index in [1.54, 1.807) is 24.8 Å². The number of hydrogen-bond donors (Lipinski definition) is 0. The van der Waals surface area contributed by atoms with Crippen LogP contribution in [0.3, 0.4) is 0 Å². The van der Waals surface area contributed by atoms with Crippen LogP contribution in [-0.2, 0) is 17.1 Å². The van der Waals surface area contributed by atoms with Gasteiger partial charge in [-0.2, -0.15) is 12.4 Å². The van der Waals surface area contributed by atoms with Crippen molar-refractivity contribution in [3.8, 4) is 0 Å². The van der Waals surface area contributed by atoms with E-state index in [-0.39, 0.29) is 28.1 Å². The third kappa shape index (κ3) is 11.6. The molecule has 5 heteroatoms. The minimum atomic E-state index is -0.00104. The molecule has 0 spiro atoms. The summed E-state index contributed by atoms with van der Waals surface area (Å²) in [4.78, 5) is 16.8. The number of hydrogen-bond acceptors (Lipinski definition) is 2. The van der Waals surface area contributed by atoms with Crippen molar-refractivity contribution in [1.29, 1.82) is 0 Å². The summed E-state index contributed by atoms with van der Waals surface area (Å²) in [6, 6.07) is 7.69. The monoisotopic (exact) mass is 353 g/mol.